The summed E-state index contributed by atoms with van der Waals surface area (Å²) in [4.78, 5) is 30.2. The summed E-state index contributed by atoms with van der Waals surface area (Å²) in [5.74, 6) is 0. The molecule has 2 heterocycles. The summed E-state index contributed by atoms with van der Waals surface area (Å²) in [5.41, 5.74) is 4.82. The highest BCUT2D eigenvalue weighted by atomic mass is 16.4. The van der Waals surface area contributed by atoms with Crippen LogP contribution in [0, 0.1) is 0 Å². The summed E-state index contributed by atoms with van der Waals surface area (Å²) < 4.78 is 11.4. The van der Waals surface area contributed by atoms with Crippen molar-refractivity contribution in [3.63, 3.8) is 0 Å². The van der Waals surface area contributed by atoms with E-state index in [0.717, 1.165) is 59.5 Å². The summed E-state index contributed by atoms with van der Waals surface area (Å²) in [7, 11) is 0. The van der Waals surface area contributed by atoms with E-state index in [1.165, 1.54) is 0 Å². The van der Waals surface area contributed by atoms with Crippen LogP contribution in [0.25, 0.3) is 44.2 Å². The van der Waals surface area contributed by atoms with Crippen molar-refractivity contribution in [2.45, 2.75) is 27.7 Å². The maximum Gasteiger partial charge on any atom is 0.344 e. The van der Waals surface area contributed by atoms with Crippen molar-refractivity contribution in [2.24, 2.45) is 0 Å². The predicted molar refractivity (Wildman–Crippen MR) is 157 cm³/mol. The molecule has 0 radical (unpaired) electrons. The second-order valence-corrected chi connectivity index (χ2v) is 9.26. The van der Waals surface area contributed by atoms with E-state index in [9.17, 15) is 9.59 Å². The van der Waals surface area contributed by atoms with Gasteiger partial charge in [-0.3, -0.25) is 0 Å². The second-order valence-electron chi connectivity index (χ2n) is 9.26. The molecule has 3 aromatic carbocycles. The van der Waals surface area contributed by atoms with Gasteiger partial charge >= 0.3 is 11.3 Å². The lowest BCUT2D eigenvalue weighted by Crippen LogP contribution is -2.21. The van der Waals surface area contributed by atoms with Gasteiger partial charge in [0.15, 0.2) is 0 Å². The molecule has 0 fully saturated rings. The fourth-order valence-corrected chi connectivity index (χ4v) is 5.00. The van der Waals surface area contributed by atoms with Gasteiger partial charge in [0, 0.05) is 60.5 Å². The van der Waals surface area contributed by atoms with E-state index in [1.54, 1.807) is 0 Å². The summed E-state index contributed by atoms with van der Waals surface area (Å²) in [6.07, 6.45) is 0. The molecule has 0 spiro atoms. The fourth-order valence-electron chi connectivity index (χ4n) is 5.00. The van der Waals surface area contributed by atoms with Gasteiger partial charge in [-0.1, -0.05) is 24.3 Å². The Balaban J connectivity index is 1.48. The van der Waals surface area contributed by atoms with E-state index in [2.05, 4.69) is 37.5 Å². The van der Waals surface area contributed by atoms with Crippen LogP contribution in [-0.2, 0) is 0 Å². The SMILES string of the molecule is CCN(CC)c1ccc2cc(-c3ccc(-c4cc5ccc(N(CC)CC)cc5oc4=O)cc3)c(=O)oc2c1. The third-order valence-corrected chi connectivity index (χ3v) is 7.20. The highest BCUT2D eigenvalue weighted by Crippen LogP contribution is 2.28. The Morgan fingerprint density at radius 1 is 0.526 bits per heavy atom. The Hall–Kier alpha value is -4.32. The minimum absolute atomic E-state index is 0.392. The molecule has 0 amide bonds. The highest BCUT2D eigenvalue weighted by molar-refractivity contribution is 5.86. The summed E-state index contributed by atoms with van der Waals surface area (Å²) >= 11 is 0. The molecule has 6 nitrogen and oxygen atoms in total. The van der Waals surface area contributed by atoms with Gasteiger partial charge in [-0.2, -0.15) is 0 Å². The minimum atomic E-state index is -0.392. The quantitative estimate of drug-likeness (QED) is 0.212. The Kier molecular flexibility index (Phi) is 7.05. The molecule has 5 rings (SSSR count). The lowest BCUT2D eigenvalue weighted by molar-refractivity contribution is 0.563. The van der Waals surface area contributed by atoms with Crippen LogP contribution in [0.4, 0.5) is 11.4 Å². The Bertz CT molecular complexity index is 1580. The number of nitrogens with zero attached hydrogens (tertiary/aromatic N) is 2. The Morgan fingerprint density at radius 3 is 1.24 bits per heavy atom. The first-order valence-electron chi connectivity index (χ1n) is 13.2. The van der Waals surface area contributed by atoms with Crippen molar-refractivity contribution in [1.82, 2.24) is 0 Å². The average Bonchev–Trinajstić information content (AvgIpc) is 2.94. The van der Waals surface area contributed by atoms with Crippen molar-refractivity contribution in [1.29, 1.82) is 0 Å². The first kappa shape index (κ1) is 25.3. The zero-order chi connectivity index (χ0) is 26.8. The molecule has 194 valence electrons. The van der Waals surface area contributed by atoms with Crippen molar-refractivity contribution < 1.29 is 8.83 Å². The molecule has 0 aliphatic heterocycles. The molecule has 0 aliphatic carbocycles. The molecule has 6 heteroatoms. The van der Waals surface area contributed by atoms with Gasteiger partial charge in [-0.25, -0.2) is 9.59 Å². The normalized spacial score (nSPS) is 11.3. The number of benzene rings is 3. The number of anilines is 2. The van der Waals surface area contributed by atoms with Crippen LogP contribution in [0.3, 0.4) is 0 Å². The summed E-state index contributed by atoms with van der Waals surface area (Å²) in [6.45, 7) is 11.9. The highest BCUT2D eigenvalue weighted by Gasteiger charge is 2.13. The van der Waals surface area contributed by atoms with Crippen LogP contribution in [-0.4, -0.2) is 26.2 Å². The number of hydrogen-bond acceptors (Lipinski definition) is 6. The van der Waals surface area contributed by atoms with Gasteiger partial charge in [0.2, 0.25) is 0 Å². The second kappa shape index (κ2) is 10.6. The van der Waals surface area contributed by atoms with E-state index < -0.39 is 11.3 Å². The molecule has 38 heavy (non-hydrogen) atoms. The van der Waals surface area contributed by atoms with Crippen LogP contribution < -0.4 is 21.1 Å². The van der Waals surface area contributed by atoms with E-state index >= 15 is 0 Å². The lowest BCUT2D eigenvalue weighted by atomic mass is 10.0. The van der Waals surface area contributed by atoms with E-state index in [1.807, 2.05) is 72.8 Å². The first-order valence-corrected chi connectivity index (χ1v) is 13.2. The monoisotopic (exact) mass is 508 g/mol. The van der Waals surface area contributed by atoms with Crippen LogP contribution >= 0.6 is 0 Å². The molecule has 0 unspecified atom stereocenters. The lowest BCUT2D eigenvalue weighted by Gasteiger charge is -2.21. The first-order chi connectivity index (χ1) is 18.4. The zero-order valence-corrected chi connectivity index (χ0v) is 22.3. The number of fused-ring (bicyclic) bond motifs is 2. The predicted octanol–water partition coefficient (Wildman–Crippen LogP) is 6.93. The van der Waals surface area contributed by atoms with Gasteiger partial charge < -0.3 is 18.6 Å². The van der Waals surface area contributed by atoms with Gasteiger partial charge in [0.1, 0.15) is 11.2 Å². The molecule has 0 saturated carbocycles. The van der Waals surface area contributed by atoms with Crippen molar-refractivity contribution in [3.8, 4) is 22.3 Å². The minimum Gasteiger partial charge on any atom is -0.422 e. The standard InChI is InChI=1S/C32H32N2O4/c1-5-33(6-2)25-15-13-23-17-27(31(35)37-29(23)19-25)21-9-11-22(12-10-21)28-18-24-14-16-26(34(7-3)8-4)20-30(24)38-32(28)36/h9-20H,5-8H2,1-4H3. The Labute approximate surface area is 221 Å². The molecule has 0 aliphatic rings. The molecular formula is C32H32N2O4. The summed E-state index contributed by atoms with van der Waals surface area (Å²) in [5, 5.41) is 1.72. The van der Waals surface area contributed by atoms with Gasteiger partial charge in [-0.15, -0.1) is 0 Å². The zero-order valence-electron chi connectivity index (χ0n) is 22.3. The topological polar surface area (TPSA) is 66.9 Å². The third-order valence-electron chi connectivity index (χ3n) is 7.20. The van der Waals surface area contributed by atoms with Crippen molar-refractivity contribution in [3.05, 3.63) is 93.6 Å². The Morgan fingerprint density at radius 2 is 0.895 bits per heavy atom. The molecule has 0 N–H and O–H groups in total. The summed E-state index contributed by atoms with van der Waals surface area (Å²) in [6, 6.07) is 23.0. The largest absolute Gasteiger partial charge is 0.422 e. The van der Waals surface area contributed by atoms with Crippen LogP contribution in [0.5, 0.6) is 0 Å². The van der Waals surface area contributed by atoms with E-state index in [0.29, 0.717) is 22.3 Å². The van der Waals surface area contributed by atoms with E-state index in [4.69, 9.17) is 8.83 Å². The number of rotatable bonds is 8. The van der Waals surface area contributed by atoms with Crippen LogP contribution in [0.1, 0.15) is 27.7 Å². The van der Waals surface area contributed by atoms with Crippen molar-refractivity contribution >= 4 is 33.3 Å². The maximum absolute atomic E-state index is 12.9. The molecule has 0 atom stereocenters. The average molecular weight is 509 g/mol. The van der Waals surface area contributed by atoms with Gasteiger partial charge in [0.05, 0.1) is 11.1 Å². The smallest absolute Gasteiger partial charge is 0.344 e. The number of hydrogen-bond donors (Lipinski definition) is 0. The van der Waals surface area contributed by atoms with Crippen molar-refractivity contribution in [2.75, 3.05) is 36.0 Å². The molecule has 2 aromatic heterocycles. The third kappa shape index (κ3) is 4.70. The molecular weight excluding hydrogens is 476 g/mol. The maximum atomic E-state index is 12.9. The van der Waals surface area contributed by atoms with E-state index in [-0.39, 0.29) is 0 Å². The molecule has 0 bridgehead atoms. The van der Waals surface area contributed by atoms with Crippen LogP contribution in [0.2, 0.25) is 0 Å². The van der Waals surface area contributed by atoms with Gasteiger partial charge in [-0.05, 0) is 75.2 Å². The van der Waals surface area contributed by atoms with Crippen LogP contribution in [0.15, 0.2) is 91.2 Å². The molecule has 5 aromatic rings. The van der Waals surface area contributed by atoms with Gasteiger partial charge in [0.25, 0.3) is 0 Å². The molecule has 0 saturated heterocycles. The fraction of sp³-hybridized carbons (Fsp3) is 0.250.